The molecule has 1 saturated heterocycles. The topological polar surface area (TPSA) is 84.1 Å². The first-order valence-electron chi connectivity index (χ1n) is 7.98. The van der Waals surface area contributed by atoms with Gasteiger partial charge in [-0.3, -0.25) is 0 Å². The molecular weight excluding hydrogens is 294 g/mol. The van der Waals surface area contributed by atoms with Gasteiger partial charge in [0, 0.05) is 32.0 Å². The van der Waals surface area contributed by atoms with E-state index < -0.39 is 5.97 Å². The van der Waals surface area contributed by atoms with Gasteiger partial charge in [-0.1, -0.05) is 0 Å². The van der Waals surface area contributed by atoms with Crippen LogP contribution in [0.2, 0.25) is 0 Å². The Morgan fingerprint density at radius 1 is 1.26 bits per heavy atom. The molecule has 0 amide bonds. The van der Waals surface area contributed by atoms with E-state index in [1.165, 1.54) is 19.0 Å². The molecule has 0 bridgehead atoms. The van der Waals surface area contributed by atoms with Crippen LogP contribution in [0.3, 0.4) is 0 Å². The lowest BCUT2D eigenvalue weighted by Crippen LogP contribution is -2.34. The fourth-order valence-electron chi connectivity index (χ4n) is 3.03. The molecule has 7 nitrogen and oxygen atoms in total. The molecule has 1 fully saturated rings. The van der Waals surface area contributed by atoms with E-state index in [1.54, 1.807) is 6.20 Å². The van der Waals surface area contributed by atoms with E-state index in [0.717, 1.165) is 44.2 Å². The van der Waals surface area contributed by atoms with Gasteiger partial charge in [0.2, 0.25) is 0 Å². The lowest BCUT2D eigenvalue weighted by atomic mass is 9.92. The van der Waals surface area contributed by atoms with Crippen LogP contribution in [0.25, 0.3) is 0 Å². The largest absolute Gasteiger partial charge is 0.476 e. The molecule has 0 aromatic carbocycles. The smallest absolute Gasteiger partial charge is 0.356 e. The van der Waals surface area contributed by atoms with E-state index in [9.17, 15) is 4.79 Å². The number of aryl methyl sites for hydroxylation is 1. The van der Waals surface area contributed by atoms with Crippen molar-refractivity contribution < 1.29 is 9.90 Å². The Kier molecular flexibility index (Phi) is 4.85. The number of imidazole rings is 1. The standard InChI is InChI=1S/C16H21N5O2/c22-16(23)14-10-19-15(11-18-14)21-7-3-13(4-8-21)2-1-6-20-9-5-17-12-20/h5,9-13H,1-4,6-8H2,(H,22,23). The second kappa shape index (κ2) is 7.21. The molecule has 3 heterocycles. The molecule has 2 aromatic rings. The van der Waals surface area contributed by atoms with Gasteiger partial charge in [-0.15, -0.1) is 0 Å². The molecule has 0 atom stereocenters. The summed E-state index contributed by atoms with van der Waals surface area (Å²) < 4.78 is 2.12. The number of hydrogen-bond donors (Lipinski definition) is 1. The Morgan fingerprint density at radius 2 is 2.09 bits per heavy atom. The Labute approximate surface area is 135 Å². The van der Waals surface area contributed by atoms with Crippen LogP contribution >= 0.6 is 0 Å². The molecular formula is C16H21N5O2. The molecule has 0 saturated carbocycles. The van der Waals surface area contributed by atoms with Gasteiger partial charge < -0.3 is 14.6 Å². The quantitative estimate of drug-likeness (QED) is 0.878. The van der Waals surface area contributed by atoms with Crippen molar-refractivity contribution in [3.05, 3.63) is 36.8 Å². The summed E-state index contributed by atoms with van der Waals surface area (Å²) in [6.45, 7) is 2.94. The summed E-state index contributed by atoms with van der Waals surface area (Å²) in [4.78, 5) is 25.2. The van der Waals surface area contributed by atoms with Gasteiger partial charge in [-0.25, -0.2) is 19.7 Å². The second-order valence-corrected chi connectivity index (χ2v) is 5.94. The van der Waals surface area contributed by atoms with Crippen LogP contribution in [0.15, 0.2) is 31.1 Å². The third kappa shape index (κ3) is 4.06. The SMILES string of the molecule is O=C(O)c1cnc(N2CCC(CCCn3ccnc3)CC2)cn1. The van der Waals surface area contributed by atoms with Crippen molar-refractivity contribution in [2.75, 3.05) is 18.0 Å². The fourth-order valence-corrected chi connectivity index (χ4v) is 3.03. The summed E-state index contributed by atoms with van der Waals surface area (Å²) in [7, 11) is 0. The molecule has 0 spiro atoms. The van der Waals surface area contributed by atoms with E-state index in [2.05, 4.69) is 24.4 Å². The molecule has 0 radical (unpaired) electrons. The Morgan fingerprint density at radius 3 is 2.70 bits per heavy atom. The highest BCUT2D eigenvalue weighted by molar-refractivity contribution is 5.84. The maximum Gasteiger partial charge on any atom is 0.356 e. The average Bonchev–Trinajstić information content (AvgIpc) is 3.09. The van der Waals surface area contributed by atoms with Crippen molar-refractivity contribution in [3.63, 3.8) is 0 Å². The summed E-state index contributed by atoms with van der Waals surface area (Å²) in [6, 6.07) is 0. The Balaban J connectivity index is 1.43. The van der Waals surface area contributed by atoms with Gasteiger partial charge in [0.15, 0.2) is 5.69 Å². The second-order valence-electron chi connectivity index (χ2n) is 5.94. The minimum atomic E-state index is -1.04. The highest BCUT2D eigenvalue weighted by Gasteiger charge is 2.20. The summed E-state index contributed by atoms with van der Waals surface area (Å²) in [5.41, 5.74) is -0.0110. The summed E-state index contributed by atoms with van der Waals surface area (Å²) in [5.74, 6) is 0.480. The number of piperidine rings is 1. The van der Waals surface area contributed by atoms with Crippen molar-refractivity contribution in [1.82, 2.24) is 19.5 Å². The molecule has 0 unspecified atom stereocenters. The predicted octanol–water partition coefficient (Wildman–Crippen LogP) is 2.07. The van der Waals surface area contributed by atoms with Crippen molar-refractivity contribution in [3.8, 4) is 0 Å². The number of aromatic carboxylic acids is 1. The molecule has 0 aliphatic carbocycles. The van der Waals surface area contributed by atoms with E-state index in [1.807, 2.05) is 18.7 Å². The minimum absolute atomic E-state index is 0.0110. The number of nitrogens with zero attached hydrogens (tertiary/aromatic N) is 5. The van der Waals surface area contributed by atoms with Gasteiger partial charge in [-0.2, -0.15) is 0 Å². The molecule has 122 valence electrons. The van der Waals surface area contributed by atoms with Gasteiger partial charge in [-0.05, 0) is 31.6 Å². The van der Waals surface area contributed by atoms with Crippen molar-refractivity contribution >= 4 is 11.8 Å². The van der Waals surface area contributed by atoms with Gasteiger partial charge in [0.05, 0.1) is 18.7 Å². The Bertz CT molecular complexity index is 618. The van der Waals surface area contributed by atoms with E-state index in [0.29, 0.717) is 0 Å². The highest BCUT2D eigenvalue weighted by Crippen LogP contribution is 2.24. The molecule has 2 aromatic heterocycles. The first-order valence-corrected chi connectivity index (χ1v) is 7.98. The number of carboxylic acids is 1. The summed E-state index contributed by atoms with van der Waals surface area (Å²) >= 11 is 0. The molecule has 1 aliphatic rings. The number of rotatable bonds is 6. The van der Waals surface area contributed by atoms with Crippen molar-refractivity contribution in [2.45, 2.75) is 32.2 Å². The van der Waals surface area contributed by atoms with Gasteiger partial charge in [0.25, 0.3) is 0 Å². The zero-order chi connectivity index (χ0) is 16.1. The molecule has 3 rings (SSSR count). The van der Waals surface area contributed by atoms with Crippen LogP contribution in [0.5, 0.6) is 0 Å². The number of aromatic nitrogens is 4. The minimum Gasteiger partial charge on any atom is -0.476 e. The molecule has 7 heteroatoms. The maximum atomic E-state index is 10.8. The van der Waals surface area contributed by atoms with Crippen LogP contribution in [0, 0.1) is 5.92 Å². The van der Waals surface area contributed by atoms with Crippen LogP contribution in [0.4, 0.5) is 5.82 Å². The zero-order valence-corrected chi connectivity index (χ0v) is 13.0. The third-order valence-corrected chi connectivity index (χ3v) is 4.38. The molecule has 1 N–H and O–H groups in total. The van der Waals surface area contributed by atoms with Gasteiger partial charge >= 0.3 is 5.97 Å². The number of hydrogen-bond acceptors (Lipinski definition) is 5. The Hall–Kier alpha value is -2.44. The average molecular weight is 315 g/mol. The first kappa shape index (κ1) is 15.5. The predicted molar refractivity (Wildman–Crippen MR) is 85.4 cm³/mol. The lowest BCUT2D eigenvalue weighted by molar-refractivity contribution is 0.0690. The first-order chi connectivity index (χ1) is 11.2. The number of carbonyl (C=O) groups is 1. The summed E-state index contributed by atoms with van der Waals surface area (Å²) in [5, 5.41) is 8.85. The van der Waals surface area contributed by atoms with Crippen LogP contribution in [-0.2, 0) is 6.54 Å². The zero-order valence-electron chi connectivity index (χ0n) is 13.0. The van der Waals surface area contributed by atoms with Crippen molar-refractivity contribution in [1.29, 1.82) is 0 Å². The number of anilines is 1. The lowest BCUT2D eigenvalue weighted by Gasteiger charge is -2.32. The van der Waals surface area contributed by atoms with E-state index in [-0.39, 0.29) is 5.69 Å². The normalized spacial score (nSPS) is 15.7. The number of carboxylic acid groups (broad SMARTS) is 1. The third-order valence-electron chi connectivity index (χ3n) is 4.38. The van der Waals surface area contributed by atoms with Crippen LogP contribution < -0.4 is 4.90 Å². The van der Waals surface area contributed by atoms with Crippen molar-refractivity contribution in [2.24, 2.45) is 5.92 Å². The van der Waals surface area contributed by atoms with Gasteiger partial charge in [0.1, 0.15) is 5.82 Å². The fraction of sp³-hybridized carbons (Fsp3) is 0.500. The van der Waals surface area contributed by atoms with Crippen LogP contribution in [0.1, 0.15) is 36.2 Å². The molecule has 23 heavy (non-hydrogen) atoms. The molecule has 1 aliphatic heterocycles. The summed E-state index contributed by atoms with van der Waals surface area (Å²) in [6.07, 6.45) is 13.3. The highest BCUT2D eigenvalue weighted by atomic mass is 16.4. The van der Waals surface area contributed by atoms with Crippen LogP contribution in [-0.4, -0.2) is 43.7 Å². The van der Waals surface area contributed by atoms with E-state index >= 15 is 0 Å². The maximum absolute atomic E-state index is 10.8. The monoisotopic (exact) mass is 315 g/mol. The van der Waals surface area contributed by atoms with E-state index in [4.69, 9.17) is 5.11 Å².